The Morgan fingerprint density at radius 1 is 1.33 bits per heavy atom. The zero-order chi connectivity index (χ0) is 3.58. The van der Waals surface area contributed by atoms with E-state index in [-0.39, 0.29) is 54.8 Å². The number of carboxylic acid groups (broad SMARTS) is 2. The van der Waals surface area contributed by atoms with Gasteiger partial charge < -0.3 is 15.0 Å². The quantitative estimate of drug-likeness (QED) is 0.355. The molecule has 32 valence electrons. The van der Waals surface area contributed by atoms with Crippen molar-refractivity contribution in [1.82, 2.24) is 0 Å². The zero-order valence-corrected chi connectivity index (χ0v) is 6.10. The zero-order valence-electron chi connectivity index (χ0n) is 2.79. The van der Waals surface area contributed by atoms with E-state index in [1.807, 2.05) is 0 Å². The third-order valence-corrected chi connectivity index (χ3v) is 0. The van der Waals surface area contributed by atoms with E-state index < -0.39 is 6.16 Å². The summed E-state index contributed by atoms with van der Waals surface area (Å²) >= 11 is 0. The first kappa shape index (κ1) is 15.7. The molecule has 3 nitrogen and oxygen atoms in total. The molecule has 2 radical (unpaired) electrons. The summed E-state index contributed by atoms with van der Waals surface area (Å²) in [6.45, 7) is 0. The van der Waals surface area contributed by atoms with Crippen LogP contribution >= 0.6 is 0 Å². The van der Waals surface area contributed by atoms with Gasteiger partial charge in [-0.3, -0.25) is 0 Å². The van der Waals surface area contributed by atoms with Gasteiger partial charge in [-0.05, 0) is 6.16 Å². The van der Waals surface area contributed by atoms with E-state index in [1.165, 1.54) is 0 Å². The van der Waals surface area contributed by atoms with Gasteiger partial charge in [0, 0.05) is 37.7 Å². The summed E-state index contributed by atoms with van der Waals surface area (Å²) < 4.78 is 0. The smallest absolute Gasteiger partial charge is 0.652 e. The van der Waals surface area contributed by atoms with Crippen molar-refractivity contribution in [3.8, 4) is 0 Å². The summed E-state index contributed by atoms with van der Waals surface area (Å²) in [5.74, 6) is 0. The van der Waals surface area contributed by atoms with Crippen LogP contribution in [0.4, 0.5) is 4.79 Å². The minimum atomic E-state index is -2.33. The minimum Gasteiger partial charge on any atom is -0.652 e. The molecule has 0 aromatic heterocycles. The van der Waals surface area contributed by atoms with Crippen molar-refractivity contribution < 1.29 is 32.1 Å². The maximum atomic E-state index is 8.33. The van der Waals surface area contributed by atoms with Gasteiger partial charge in [0.2, 0.25) is 0 Å². The van der Waals surface area contributed by atoms with Crippen molar-refractivity contribution >= 4 is 43.9 Å². The van der Waals surface area contributed by atoms with Gasteiger partial charge in [-0.1, -0.05) is 0 Å². The molecule has 0 N–H and O–H groups in total. The van der Waals surface area contributed by atoms with Crippen LogP contribution in [0.2, 0.25) is 0 Å². The fourth-order valence-corrected chi connectivity index (χ4v) is 0. The van der Waals surface area contributed by atoms with E-state index in [1.54, 1.807) is 0 Å². The molecule has 0 unspecified atom stereocenters. The molecule has 0 saturated carbocycles. The van der Waals surface area contributed by atoms with Crippen LogP contribution in [0, 0.1) is 0 Å². The Balaban J connectivity index is -0.0000000450. The van der Waals surface area contributed by atoms with E-state index in [9.17, 15) is 0 Å². The molecule has 0 spiro atoms. The molecule has 0 atom stereocenters. The van der Waals surface area contributed by atoms with Crippen LogP contribution in [0.1, 0.15) is 0 Å². The predicted octanol–water partition coefficient (Wildman–Crippen LogP) is -2.83. The van der Waals surface area contributed by atoms with Gasteiger partial charge in [0.1, 0.15) is 0 Å². The molecule has 0 heterocycles. The van der Waals surface area contributed by atoms with Gasteiger partial charge in [-0.15, -0.1) is 0 Å². The second-order valence-electron chi connectivity index (χ2n) is 0.250. The summed E-state index contributed by atoms with van der Waals surface area (Å²) in [5, 5.41) is 16.7. The van der Waals surface area contributed by atoms with Crippen LogP contribution in [-0.2, 0) is 17.1 Å². The number of hydrogen-bond acceptors (Lipinski definition) is 3. The van der Waals surface area contributed by atoms with Crippen LogP contribution in [-0.4, -0.2) is 43.9 Å². The van der Waals surface area contributed by atoms with Crippen molar-refractivity contribution in [2.45, 2.75) is 0 Å². The molecule has 0 amide bonds. The van der Waals surface area contributed by atoms with Crippen molar-refractivity contribution in [1.29, 1.82) is 0 Å². The molecular weight excluding hydrogens is 156 g/mol. The van der Waals surface area contributed by atoms with Crippen molar-refractivity contribution in [3.05, 3.63) is 0 Å². The summed E-state index contributed by atoms with van der Waals surface area (Å²) in [7, 11) is 0. The molecule has 0 rings (SSSR count). The van der Waals surface area contributed by atoms with E-state index in [0.717, 1.165) is 0 Å². The topological polar surface area (TPSA) is 63.2 Å². The Hall–Kier alpha value is 1.05. The van der Waals surface area contributed by atoms with Gasteiger partial charge >= 0.3 is 17.1 Å². The Kier molecular flexibility index (Phi) is 24.7. The predicted molar refractivity (Wildman–Crippen MR) is 11.1 cm³/mol. The maximum Gasteiger partial charge on any atom is 2.00 e. The van der Waals surface area contributed by atoms with Gasteiger partial charge in [0.25, 0.3) is 0 Å². The average molecular weight is 156 g/mol. The van der Waals surface area contributed by atoms with Gasteiger partial charge in [0.05, 0.1) is 0 Å². The summed E-state index contributed by atoms with van der Waals surface area (Å²) in [6, 6.07) is 0. The molecule has 0 aromatic rings. The standard InChI is InChI=1S/CH2O3.Ca.Fe/c2-1(3)4;;/h(H2,2,3,4);;/q;;+2/p-2. The number of carbonyl (C=O) groups excluding carboxylic acids is 1. The van der Waals surface area contributed by atoms with E-state index >= 15 is 0 Å². The molecule has 0 fully saturated rings. The normalized spacial score (nSPS) is 4.00. The average Bonchev–Trinajstić information content (AvgIpc) is 0.811. The molecule has 0 aromatic carbocycles. The number of carbonyl (C=O) groups is 1. The molecule has 0 aliphatic rings. The molecule has 0 bridgehead atoms. The van der Waals surface area contributed by atoms with Crippen molar-refractivity contribution in [3.63, 3.8) is 0 Å². The van der Waals surface area contributed by atoms with Crippen LogP contribution < -0.4 is 10.2 Å². The summed E-state index contributed by atoms with van der Waals surface area (Å²) in [6.07, 6.45) is -2.33. The monoisotopic (exact) mass is 156 g/mol. The molecule has 5 heteroatoms. The Morgan fingerprint density at radius 3 is 1.33 bits per heavy atom. The Morgan fingerprint density at radius 2 is 1.33 bits per heavy atom. The second kappa shape index (κ2) is 9.41. The fourth-order valence-electron chi connectivity index (χ4n) is 0. The Labute approximate surface area is 75.2 Å². The molecule has 0 aliphatic carbocycles. The first-order chi connectivity index (χ1) is 1.73. The number of rotatable bonds is 0. The molecule has 0 aliphatic heterocycles. The number of hydrogen-bond donors (Lipinski definition) is 0. The fraction of sp³-hybridized carbons (Fsp3) is 0. The van der Waals surface area contributed by atoms with E-state index in [2.05, 4.69) is 0 Å². The van der Waals surface area contributed by atoms with Gasteiger partial charge in [0.15, 0.2) is 0 Å². The second-order valence-corrected chi connectivity index (χ2v) is 0.250. The minimum absolute atomic E-state index is 0. The third kappa shape index (κ3) is 75.2. The van der Waals surface area contributed by atoms with Crippen LogP contribution in [0.5, 0.6) is 0 Å². The molecular formula is CCaFeO3. The summed E-state index contributed by atoms with van der Waals surface area (Å²) in [4.78, 5) is 8.33. The van der Waals surface area contributed by atoms with Crippen LogP contribution in [0.25, 0.3) is 0 Å². The molecule has 0 saturated heterocycles. The largest absolute Gasteiger partial charge is 2.00 e. The van der Waals surface area contributed by atoms with Gasteiger partial charge in [-0.25, -0.2) is 0 Å². The maximum absolute atomic E-state index is 8.33. The van der Waals surface area contributed by atoms with Crippen molar-refractivity contribution in [2.24, 2.45) is 0 Å². The van der Waals surface area contributed by atoms with E-state index in [4.69, 9.17) is 15.0 Å². The molecule has 6 heavy (non-hydrogen) atoms. The van der Waals surface area contributed by atoms with Crippen LogP contribution in [0.15, 0.2) is 0 Å². The van der Waals surface area contributed by atoms with E-state index in [0.29, 0.717) is 0 Å². The summed E-state index contributed by atoms with van der Waals surface area (Å²) in [5.41, 5.74) is 0. The van der Waals surface area contributed by atoms with Gasteiger partial charge in [-0.2, -0.15) is 0 Å². The Bertz CT molecular complexity index is 33.8. The third-order valence-electron chi connectivity index (χ3n) is 0. The first-order valence-electron chi connectivity index (χ1n) is 0.612. The first-order valence-corrected chi connectivity index (χ1v) is 0.612. The van der Waals surface area contributed by atoms with Crippen molar-refractivity contribution in [2.75, 3.05) is 0 Å². The van der Waals surface area contributed by atoms with Crippen LogP contribution in [0.3, 0.4) is 0 Å². The SMILES string of the molecule is O=C([O-])[O-].[Ca].[Fe+2].